The molecule has 0 aliphatic rings. The van der Waals surface area contributed by atoms with E-state index in [-0.39, 0.29) is 18.2 Å². The summed E-state index contributed by atoms with van der Waals surface area (Å²) in [5, 5.41) is -0.173. The Labute approximate surface area is 87.1 Å². The minimum Gasteiger partial charge on any atom is -0.462 e. The molecular formula is C9H11ClO4. The zero-order valence-corrected chi connectivity index (χ0v) is 8.38. The van der Waals surface area contributed by atoms with Gasteiger partial charge >= 0.3 is 11.9 Å². The maximum atomic E-state index is 10.7. The van der Waals surface area contributed by atoms with Crippen molar-refractivity contribution in [2.24, 2.45) is 0 Å². The fourth-order valence-corrected chi connectivity index (χ4v) is 0.588. The molecule has 0 aromatic heterocycles. The van der Waals surface area contributed by atoms with Crippen LogP contribution in [-0.4, -0.2) is 25.2 Å². The van der Waals surface area contributed by atoms with E-state index in [1.807, 2.05) is 0 Å². The van der Waals surface area contributed by atoms with Gasteiger partial charge in [-0.3, -0.25) is 0 Å². The number of rotatable bonds is 6. The molecule has 0 amide bonds. The van der Waals surface area contributed by atoms with Gasteiger partial charge in [-0.1, -0.05) is 24.8 Å². The molecule has 0 N–H and O–H groups in total. The first-order valence-corrected chi connectivity index (χ1v) is 4.26. The summed E-state index contributed by atoms with van der Waals surface area (Å²) in [6.07, 6.45) is 1.47. The van der Waals surface area contributed by atoms with E-state index in [4.69, 9.17) is 11.6 Å². The predicted molar refractivity (Wildman–Crippen MR) is 51.7 cm³/mol. The molecule has 0 radical (unpaired) electrons. The first-order valence-electron chi connectivity index (χ1n) is 3.88. The van der Waals surface area contributed by atoms with Crippen LogP contribution in [0.15, 0.2) is 24.3 Å². The molecule has 5 heteroatoms. The molecule has 0 heterocycles. The van der Waals surface area contributed by atoms with E-state index in [1.54, 1.807) is 0 Å². The van der Waals surface area contributed by atoms with E-state index >= 15 is 0 Å². The summed E-state index contributed by atoms with van der Waals surface area (Å²) in [5.41, 5.74) is 0. The normalized spacial score (nSPS) is 8.93. The van der Waals surface area contributed by atoms with Crippen LogP contribution < -0.4 is 0 Å². The Bertz CT molecular complexity index is 247. The van der Waals surface area contributed by atoms with Gasteiger partial charge in [0.05, 0.1) is 13.2 Å². The van der Waals surface area contributed by atoms with E-state index < -0.39 is 11.9 Å². The van der Waals surface area contributed by atoms with Crippen LogP contribution in [-0.2, 0) is 19.1 Å². The van der Waals surface area contributed by atoms with Gasteiger partial charge in [0.2, 0.25) is 0 Å². The zero-order valence-electron chi connectivity index (χ0n) is 7.62. The monoisotopic (exact) mass is 218 g/mol. The summed E-state index contributed by atoms with van der Waals surface area (Å²) < 4.78 is 9.26. The highest BCUT2D eigenvalue weighted by molar-refractivity contribution is 6.40. The summed E-state index contributed by atoms with van der Waals surface area (Å²) >= 11 is 5.25. The lowest BCUT2D eigenvalue weighted by atomic mass is 10.5. The molecule has 0 saturated heterocycles. The Balaban J connectivity index is 3.38. The van der Waals surface area contributed by atoms with Crippen molar-refractivity contribution < 1.29 is 19.1 Å². The topological polar surface area (TPSA) is 52.6 Å². The molecule has 4 nitrogen and oxygen atoms in total. The molecular weight excluding hydrogens is 208 g/mol. The number of carbonyl (C=O) groups is 2. The van der Waals surface area contributed by atoms with Gasteiger partial charge in [0.25, 0.3) is 0 Å². The number of carbonyl (C=O) groups excluding carboxylic acids is 2. The molecule has 0 aromatic carbocycles. The van der Waals surface area contributed by atoms with Crippen molar-refractivity contribution in [2.45, 2.75) is 6.42 Å². The van der Waals surface area contributed by atoms with Crippen molar-refractivity contribution in [3.05, 3.63) is 24.3 Å². The van der Waals surface area contributed by atoms with Gasteiger partial charge in [-0.25, -0.2) is 9.59 Å². The van der Waals surface area contributed by atoms with E-state index in [2.05, 4.69) is 22.6 Å². The van der Waals surface area contributed by atoms with Crippen molar-refractivity contribution in [3.8, 4) is 0 Å². The third-order valence-electron chi connectivity index (χ3n) is 1.15. The maximum absolute atomic E-state index is 10.7. The summed E-state index contributed by atoms with van der Waals surface area (Å²) in [5.74, 6) is -1.17. The van der Waals surface area contributed by atoms with Gasteiger partial charge in [0.1, 0.15) is 5.03 Å². The summed E-state index contributed by atoms with van der Waals surface area (Å²) in [6, 6.07) is 0. The standard InChI is InChI=1S/C9H11ClO4/c1-3-8(11)13-5-4-6-14-9(12)7(2)10/h3H,1-2,4-6H2. The third kappa shape index (κ3) is 6.25. The van der Waals surface area contributed by atoms with Crippen LogP contribution in [0.25, 0.3) is 0 Å². The fourth-order valence-electron chi connectivity index (χ4n) is 0.534. The van der Waals surface area contributed by atoms with Gasteiger partial charge in [-0.05, 0) is 0 Å². The first-order chi connectivity index (χ1) is 6.57. The van der Waals surface area contributed by atoms with Crippen molar-refractivity contribution in [1.82, 2.24) is 0 Å². The van der Waals surface area contributed by atoms with Gasteiger partial charge in [-0.2, -0.15) is 0 Å². The van der Waals surface area contributed by atoms with Gasteiger partial charge in [0, 0.05) is 12.5 Å². The Kier molecular flexibility index (Phi) is 6.49. The van der Waals surface area contributed by atoms with Crippen LogP contribution >= 0.6 is 11.6 Å². The van der Waals surface area contributed by atoms with Crippen molar-refractivity contribution in [2.75, 3.05) is 13.2 Å². The summed E-state index contributed by atoms with van der Waals surface area (Å²) in [6.45, 7) is 6.72. The van der Waals surface area contributed by atoms with E-state index in [0.29, 0.717) is 6.42 Å². The lowest BCUT2D eigenvalue weighted by Gasteiger charge is -2.03. The summed E-state index contributed by atoms with van der Waals surface area (Å²) in [7, 11) is 0. The van der Waals surface area contributed by atoms with Gasteiger partial charge in [0.15, 0.2) is 0 Å². The highest BCUT2D eigenvalue weighted by Gasteiger charge is 2.04. The molecule has 14 heavy (non-hydrogen) atoms. The number of ether oxygens (including phenoxy) is 2. The molecule has 0 unspecified atom stereocenters. The average Bonchev–Trinajstić information content (AvgIpc) is 2.16. The SMILES string of the molecule is C=CC(=O)OCCCOC(=O)C(=C)Cl. The quantitative estimate of drug-likeness (QED) is 0.384. The van der Waals surface area contributed by atoms with E-state index in [1.165, 1.54) is 0 Å². The third-order valence-corrected chi connectivity index (χ3v) is 1.31. The Morgan fingerprint density at radius 3 is 2.36 bits per heavy atom. The highest BCUT2D eigenvalue weighted by atomic mass is 35.5. The predicted octanol–water partition coefficient (Wildman–Crippen LogP) is 1.40. The smallest absolute Gasteiger partial charge is 0.349 e. The number of hydrogen-bond donors (Lipinski definition) is 0. The lowest BCUT2D eigenvalue weighted by Crippen LogP contribution is -2.09. The van der Waals surface area contributed by atoms with E-state index in [0.717, 1.165) is 6.08 Å². The number of hydrogen-bond acceptors (Lipinski definition) is 4. The lowest BCUT2D eigenvalue weighted by molar-refractivity contribution is -0.140. The second-order valence-electron chi connectivity index (χ2n) is 2.27. The molecule has 0 spiro atoms. The Morgan fingerprint density at radius 1 is 1.29 bits per heavy atom. The first kappa shape index (κ1) is 12.7. The van der Waals surface area contributed by atoms with Crippen molar-refractivity contribution >= 4 is 23.5 Å². The van der Waals surface area contributed by atoms with Crippen LogP contribution in [0.2, 0.25) is 0 Å². The van der Waals surface area contributed by atoms with Crippen LogP contribution in [0.3, 0.4) is 0 Å². The van der Waals surface area contributed by atoms with Crippen LogP contribution in [0.4, 0.5) is 0 Å². The molecule has 0 atom stereocenters. The number of halogens is 1. The Hall–Kier alpha value is -1.29. The molecule has 78 valence electrons. The molecule has 0 aliphatic heterocycles. The Morgan fingerprint density at radius 2 is 1.86 bits per heavy atom. The second-order valence-corrected chi connectivity index (χ2v) is 2.72. The zero-order chi connectivity index (χ0) is 11.0. The molecule has 0 bridgehead atoms. The van der Waals surface area contributed by atoms with Crippen LogP contribution in [0.5, 0.6) is 0 Å². The van der Waals surface area contributed by atoms with Crippen molar-refractivity contribution in [3.63, 3.8) is 0 Å². The minimum absolute atomic E-state index is 0.134. The highest BCUT2D eigenvalue weighted by Crippen LogP contribution is 1.99. The molecule has 0 rings (SSSR count). The fraction of sp³-hybridized carbons (Fsp3) is 0.333. The van der Waals surface area contributed by atoms with E-state index in [9.17, 15) is 9.59 Å². The maximum Gasteiger partial charge on any atom is 0.349 e. The van der Waals surface area contributed by atoms with Crippen LogP contribution in [0.1, 0.15) is 6.42 Å². The minimum atomic E-state index is -0.665. The van der Waals surface area contributed by atoms with Crippen LogP contribution in [0, 0.1) is 0 Å². The average molecular weight is 219 g/mol. The number of esters is 2. The van der Waals surface area contributed by atoms with Gasteiger partial charge in [-0.15, -0.1) is 0 Å². The molecule has 0 saturated carbocycles. The summed E-state index contributed by atoms with van der Waals surface area (Å²) in [4.78, 5) is 21.3. The molecule has 0 fully saturated rings. The largest absolute Gasteiger partial charge is 0.462 e. The van der Waals surface area contributed by atoms with Gasteiger partial charge < -0.3 is 9.47 Å². The second kappa shape index (κ2) is 7.15. The van der Waals surface area contributed by atoms with Crippen molar-refractivity contribution in [1.29, 1.82) is 0 Å². The molecule has 0 aromatic rings. The molecule has 0 aliphatic carbocycles.